The lowest BCUT2D eigenvalue weighted by molar-refractivity contribution is -0.671. The molecule has 0 amide bonds. The number of nitrogen functional groups attached to an aromatic ring is 1. The summed E-state index contributed by atoms with van der Waals surface area (Å²) < 4.78 is 4.40. The fraction of sp³-hybridized carbons (Fsp3) is 0.400. The Bertz CT molecular complexity index is 588. The van der Waals surface area contributed by atoms with Gasteiger partial charge in [-0.2, -0.15) is 0 Å². The fourth-order valence-corrected chi connectivity index (χ4v) is 2.76. The van der Waals surface area contributed by atoms with Gasteiger partial charge >= 0.3 is 0 Å². The lowest BCUT2D eigenvalue weighted by atomic mass is 10.2. The van der Waals surface area contributed by atoms with Crippen molar-refractivity contribution in [3.05, 3.63) is 42.5 Å². The predicted octanol–water partition coefficient (Wildman–Crippen LogP) is 1.65. The number of hydrogen-bond donors (Lipinski definition) is 1. The third-order valence-electron chi connectivity index (χ3n) is 3.99. The average Bonchev–Trinajstić information content (AvgIpc) is 3.01. The van der Waals surface area contributed by atoms with Crippen molar-refractivity contribution in [3.8, 4) is 0 Å². The number of aryl methyl sites for hydroxylation is 2. The Labute approximate surface area is 114 Å². The van der Waals surface area contributed by atoms with Crippen LogP contribution < -0.4 is 15.2 Å². The number of benzene rings is 1. The van der Waals surface area contributed by atoms with Crippen LogP contribution in [-0.2, 0) is 7.05 Å². The van der Waals surface area contributed by atoms with E-state index in [0.29, 0.717) is 6.04 Å². The Morgan fingerprint density at radius 3 is 2.89 bits per heavy atom. The summed E-state index contributed by atoms with van der Waals surface area (Å²) in [7, 11) is 2.06. The molecule has 4 nitrogen and oxygen atoms in total. The first kappa shape index (κ1) is 12.1. The quantitative estimate of drug-likeness (QED) is 0.656. The zero-order valence-corrected chi connectivity index (χ0v) is 11.6. The highest BCUT2D eigenvalue weighted by Crippen LogP contribution is 2.28. The molecule has 2 N–H and O–H groups in total. The van der Waals surface area contributed by atoms with Gasteiger partial charge in [0, 0.05) is 24.3 Å². The zero-order valence-electron chi connectivity index (χ0n) is 11.6. The largest absolute Gasteiger partial charge is 0.399 e. The molecule has 1 aliphatic rings. The van der Waals surface area contributed by atoms with Gasteiger partial charge in [0.1, 0.15) is 18.4 Å². The van der Waals surface area contributed by atoms with Crippen LogP contribution in [0.25, 0.3) is 0 Å². The van der Waals surface area contributed by atoms with Crippen LogP contribution in [0.2, 0.25) is 0 Å². The minimum Gasteiger partial charge on any atom is -0.399 e. The first-order valence-corrected chi connectivity index (χ1v) is 6.77. The topological polar surface area (TPSA) is 38.1 Å². The van der Waals surface area contributed by atoms with Crippen molar-refractivity contribution >= 4 is 11.4 Å². The van der Waals surface area contributed by atoms with E-state index in [1.54, 1.807) is 0 Å². The summed E-state index contributed by atoms with van der Waals surface area (Å²) in [6.45, 7) is 4.24. The number of imidazole rings is 1. The number of nitrogens with two attached hydrogens (primary N) is 1. The van der Waals surface area contributed by atoms with Gasteiger partial charge in [-0.3, -0.25) is 0 Å². The summed E-state index contributed by atoms with van der Waals surface area (Å²) in [5.74, 6) is 0. The summed E-state index contributed by atoms with van der Waals surface area (Å²) in [6, 6.07) is 6.89. The van der Waals surface area contributed by atoms with E-state index in [2.05, 4.69) is 58.9 Å². The number of aromatic nitrogens is 2. The monoisotopic (exact) mass is 257 g/mol. The van der Waals surface area contributed by atoms with Crippen molar-refractivity contribution in [1.29, 1.82) is 0 Å². The van der Waals surface area contributed by atoms with Gasteiger partial charge < -0.3 is 10.6 Å². The Hall–Kier alpha value is -1.97. The molecule has 2 heterocycles. The van der Waals surface area contributed by atoms with Crippen LogP contribution >= 0.6 is 0 Å². The molecule has 1 unspecified atom stereocenters. The highest BCUT2D eigenvalue weighted by molar-refractivity contribution is 5.58. The number of rotatable bonds is 2. The maximum absolute atomic E-state index is 5.88. The predicted molar refractivity (Wildman–Crippen MR) is 77.1 cm³/mol. The van der Waals surface area contributed by atoms with E-state index in [-0.39, 0.29) is 0 Å². The van der Waals surface area contributed by atoms with Crippen molar-refractivity contribution in [2.24, 2.45) is 7.05 Å². The van der Waals surface area contributed by atoms with Gasteiger partial charge in [0.2, 0.25) is 6.33 Å². The Morgan fingerprint density at radius 2 is 2.21 bits per heavy atom. The molecule has 1 aromatic carbocycles. The fourth-order valence-electron chi connectivity index (χ4n) is 2.76. The highest BCUT2D eigenvalue weighted by Gasteiger charge is 2.27. The molecule has 19 heavy (non-hydrogen) atoms. The van der Waals surface area contributed by atoms with Gasteiger partial charge in [0.15, 0.2) is 0 Å². The van der Waals surface area contributed by atoms with Gasteiger partial charge in [0.25, 0.3) is 0 Å². The van der Waals surface area contributed by atoms with E-state index >= 15 is 0 Å². The van der Waals surface area contributed by atoms with Crippen LogP contribution in [-0.4, -0.2) is 17.7 Å². The molecule has 0 radical (unpaired) electrons. The molecule has 1 atom stereocenters. The molecule has 2 aromatic rings. The van der Waals surface area contributed by atoms with Crippen molar-refractivity contribution in [1.82, 2.24) is 4.57 Å². The van der Waals surface area contributed by atoms with Crippen molar-refractivity contribution in [2.75, 3.05) is 23.7 Å². The SMILES string of the molecule is Cc1cc(N2CCC(n3cc[n+](C)c3)C2)ccc1N. The molecule has 0 aliphatic carbocycles. The first-order valence-electron chi connectivity index (χ1n) is 6.77. The first-order chi connectivity index (χ1) is 9.13. The van der Waals surface area contributed by atoms with Crippen LogP contribution in [0, 0.1) is 6.92 Å². The van der Waals surface area contributed by atoms with Crippen molar-refractivity contribution < 1.29 is 4.57 Å². The third-order valence-corrected chi connectivity index (χ3v) is 3.99. The van der Waals surface area contributed by atoms with Crippen molar-refractivity contribution in [2.45, 2.75) is 19.4 Å². The van der Waals surface area contributed by atoms with Gasteiger partial charge in [-0.05, 0) is 30.7 Å². The molecule has 0 saturated carbocycles. The number of nitrogens with zero attached hydrogens (tertiary/aromatic N) is 3. The molecule has 3 rings (SSSR count). The molecule has 4 heteroatoms. The van der Waals surface area contributed by atoms with E-state index < -0.39 is 0 Å². The Morgan fingerprint density at radius 1 is 1.37 bits per heavy atom. The zero-order chi connectivity index (χ0) is 13.4. The van der Waals surface area contributed by atoms with E-state index in [4.69, 9.17) is 5.73 Å². The molecular weight excluding hydrogens is 236 g/mol. The van der Waals surface area contributed by atoms with Gasteiger partial charge in [-0.1, -0.05) is 0 Å². The summed E-state index contributed by atoms with van der Waals surface area (Å²) in [5, 5.41) is 0. The van der Waals surface area contributed by atoms with Crippen LogP contribution in [0.5, 0.6) is 0 Å². The number of hydrogen-bond acceptors (Lipinski definition) is 2. The maximum Gasteiger partial charge on any atom is 0.243 e. The van der Waals surface area contributed by atoms with Crippen LogP contribution in [0.4, 0.5) is 11.4 Å². The molecule has 100 valence electrons. The second-order valence-electron chi connectivity index (χ2n) is 5.46. The van der Waals surface area contributed by atoms with E-state index in [1.807, 2.05) is 6.07 Å². The summed E-state index contributed by atoms with van der Waals surface area (Å²) in [6.07, 6.45) is 7.60. The highest BCUT2D eigenvalue weighted by atomic mass is 15.2. The summed E-state index contributed by atoms with van der Waals surface area (Å²) in [5.41, 5.74) is 9.20. The van der Waals surface area contributed by atoms with Gasteiger partial charge in [-0.25, -0.2) is 9.13 Å². The second kappa shape index (κ2) is 4.61. The standard InChI is InChI=1S/C15H21N4/c1-12-9-13(3-4-15(12)16)18-6-5-14(10-18)19-8-7-17(2)11-19/h3-4,7-9,11,14H,5-6,10,16H2,1-2H3/q+1. The second-order valence-corrected chi connectivity index (χ2v) is 5.46. The minimum absolute atomic E-state index is 0.569. The smallest absolute Gasteiger partial charge is 0.243 e. The third kappa shape index (κ3) is 2.30. The summed E-state index contributed by atoms with van der Waals surface area (Å²) in [4.78, 5) is 2.44. The molecule has 1 saturated heterocycles. The van der Waals surface area contributed by atoms with Crippen molar-refractivity contribution in [3.63, 3.8) is 0 Å². The lowest BCUT2D eigenvalue weighted by Crippen LogP contribution is -2.25. The minimum atomic E-state index is 0.569. The van der Waals surface area contributed by atoms with Gasteiger partial charge in [0.05, 0.1) is 13.6 Å². The van der Waals surface area contributed by atoms with Crippen LogP contribution in [0.1, 0.15) is 18.0 Å². The van der Waals surface area contributed by atoms with E-state index in [9.17, 15) is 0 Å². The molecular formula is C15H21N4+. The van der Waals surface area contributed by atoms with E-state index in [0.717, 1.165) is 24.3 Å². The molecule has 1 fully saturated rings. The molecule has 1 aromatic heterocycles. The Kier molecular flexibility index (Phi) is 2.93. The van der Waals surface area contributed by atoms with E-state index in [1.165, 1.54) is 12.1 Å². The van der Waals surface area contributed by atoms with Crippen LogP contribution in [0.3, 0.4) is 0 Å². The number of anilines is 2. The molecule has 0 spiro atoms. The van der Waals surface area contributed by atoms with Gasteiger partial charge in [-0.15, -0.1) is 0 Å². The van der Waals surface area contributed by atoms with Crippen LogP contribution in [0.15, 0.2) is 36.9 Å². The average molecular weight is 257 g/mol. The Balaban J connectivity index is 1.76. The maximum atomic E-state index is 5.88. The summed E-state index contributed by atoms with van der Waals surface area (Å²) >= 11 is 0. The molecule has 1 aliphatic heterocycles. The normalized spacial score (nSPS) is 19.1. The molecule has 0 bridgehead atoms. The lowest BCUT2D eigenvalue weighted by Gasteiger charge is -2.18.